The van der Waals surface area contributed by atoms with E-state index in [-0.39, 0.29) is 11.8 Å². The molecule has 19 heavy (non-hydrogen) atoms. The molecule has 1 rings (SSSR count). The summed E-state index contributed by atoms with van der Waals surface area (Å²) >= 11 is 5.12. The Morgan fingerprint density at radius 2 is 2.00 bits per heavy atom. The number of hydrogen-bond donors (Lipinski definition) is 3. The number of carbonyl (C=O) groups is 1. The molecule has 0 saturated heterocycles. The highest BCUT2D eigenvalue weighted by Crippen LogP contribution is 2.15. The molecule has 0 aromatic heterocycles. The van der Waals surface area contributed by atoms with Gasteiger partial charge >= 0.3 is 0 Å². The highest BCUT2D eigenvalue weighted by Gasteiger charge is 2.07. The van der Waals surface area contributed by atoms with Crippen molar-refractivity contribution in [2.75, 3.05) is 17.2 Å². The molecule has 0 unspecified atom stereocenters. The minimum Gasteiger partial charge on any atom is -0.359 e. The Balaban J connectivity index is 2.64. The number of rotatable bonds is 5. The lowest BCUT2D eigenvalue weighted by Crippen LogP contribution is -2.28. The lowest BCUT2D eigenvalue weighted by Gasteiger charge is -2.11. The fourth-order valence-corrected chi connectivity index (χ4v) is 1.50. The Morgan fingerprint density at radius 1 is 1.37 bits per heavy atom. The smallest absolute Gasteiger partial charge is 0.226 e. The van der Waals surface area contributed by atoms with E-state index < -0.39 is 0 Å². The van der Waals surface area contributed by atoms with Crippen LogP contribution in [0.15, 0.2) is 36.9 Å². The van der Waals surface area contributed by atoms with Crippen LogP contribution < -0.4 is 16.0 Å². The molecular weight excluding hydrogens is 258 g/mol. The fraction of sp³-hybridized carbons (Fsp3) is 0.286. The van der Waals surface area contributed by atoms with Crippen LogP contribution in [0.5, 0.6) is 0 Å². The number of thiocarbonyl (C=S) groups is 1. The van der Waals surface area contributed by atoms with Gasteiger partial charge in [-0.15, -0.1) is 6.58 Å². The Labute approximate surface area is 119 Å². The van der Waals surface area contributed by atoms with Gasteiger partial charge in [0.25, 0.3) is 0 Å². The first-order valence-electron chi connectivity index (χ1n) is 6.09. The maximum atomic E-state index is 11.6. The van der Waals surface area contributed by atoms with Gasteiger partial charge in [-0.2, -0.15) is 0 Å². The first kappa shape index (κ1) is 15.2. The van der Waals surface area contributed by atoms with E-state index in [2.05, 4.69) is 22.5 Å². The van der Waals surface area contributed by atoms with Crippen LogP contribution >= 0.6 is 12.2 Å². The van der Waals surface area contributed by atoms with Gasteiger partial charge in [-0.1, -0.05) is 26.0 Å². The largest absolute Gasteiger partial charge is 0.359 e. The number of carbonyl (C=O) groups excluding carboxylic acids is 1. The maximum absolute atomic E-state index is 11.6. The molecule has 1 aromatic carbocycles. The molecule has 0 radical (unpaired) electrons. The van der Waals surface area contributed by atoms with Crippen LogP contribution in [0.4, 0.5) is 11.4 Å². The molecule has 4 nitrogen and oxygen atoms in total. The van der Waals surface area contributed by atoms with Gasteiger partial charge in [0.05, 0.1) is 0 Å². The van der Waals surface area contributed by atoms with E-state index in [0.717, 1.165) is 11.4 Å². The molecule has 0 saturated carbocycles. The van der Waals surface area contributed by atoms with E-state index >= 15 is 0 Å². The average molecular weight is 277 g/mol. The monoisotopic (exact) mass is 277 g/mol. The predicted octanol–water partition coefficient (Wildman–Crippen LogP) is 2.75. The van der Waals surface area contributed by atoms with Crippen molar-refractivity contribution in [1.82, 2.24) is 5.32 Å². The summed E-state index contributed by atoms with van der Waals surface area (Å²) in [4.78, 5) is 11.6. The van der Waals surface area contributed by atoms with Gasteiger partial charge in [-0.25, -0.2) is 0 Å². The van der Waals surface area contributed by atoms with Crippen LogP contribution in [0.2, 0.25) is 0 Å². The van der Waals surface area contributed by atoms with Crippen molar-refractivity contribution in [2.45, 2.75) is 13.8 Å². The molecule has 0 aliphatic carbocycles. The molecule has 0 aliphatic rings. The maximum Gasteiger partial charge on any atom is 0.226 e. The summed E-state index contributed by atoms with van der Waals surface area (Å²) in [7, 11) is 0. The Bertz CT molecular complexity index is 472. The third-order valence-corrected chi connectivity index (χ3v) is 2.57. The predicted molar refractivity (Wildman–Crippen MR) is 84.3 cm³/mol. The van der Waals surface area contributed by atoms with Crippen molar-refractivity contribution >= 4 is 34.6 Å². The van der Waals surface area contributed by atoms with Gasteiger partial charge < -0.3 is 16.0 Å². The van der Waals surface area contributed by atoms with E-state index in [1.54, 1.807) is 6.08 Å². The van der Waals surface area contributed by atoms with E-state index in [0.29, 0.717) is 11.7 Å². The highest BCUT2D eigenvalue weighted by molar-refractivity contribution is 7.80. The minimum atomic E-state index is -0.0491. The Kier molecular flexibility index (Phi) is 6.02. The van der Waals surface area contributed by atoms with E-state index in [4.69, 9.17) is 12.2 Å². The quantitative estimate of drug-likeness (QED) is 0.572. The molecule has 0 bridgehead atoms. The molecular formula is C14H19N3OS. The summed E-state index contributed by atoms with van der Waals surface area (Å²) in [6.45, 7) is 7.92. The van der Waals surface area contributed by atoms with Crippen molar-refractivity contribution in [1.29, 1.82) is 0 Å². The standard InChI is InChI=1S/C14H19N3OS/c1-4-8-15-14(19)17-12-7-5-6-11(9-12)16-13(18)10(2)3/h4-7,9-10H,1,8H2,2-3H3,(H,16,18)(H2,15,17,19). The Hall–Kier alpha value is -1.88. The zero-order chi connectivity index (χ0) is 14.3. The van der Waals surface area contributed by atoms with Crippen LogP contribution in [0.3, 0.4) is 0 Å². The van der Waals surface area contributed by atoms with Gasteiger partial charge in [-0.3, -0.25) is 4.79 Å². The SMILES string of the molecule is C=CCNC(=S)Nc1cccc(NC(=O)C(C)C)c1. The zero-order valence-corrected chi connectivity index (χ0v) is 12.0. The number of hydrogen-bond acceptors (Lipinski definition) is 2. The molecule has 0 aliphatic heterocycles. The molecule has 5 heteroatoms. The second-order valence-electron chi connectivity index (χ2n) is 4.35. The fourth-order valence-electron chi connectivity index (χ4n) is 1.30. The highest BCUT2D eigenvalue weighted by atomic mass is 32.1. The summed E-state index contributed by atoms with van der Waals surface area (Å²) in [6.07, 6.45) is 1.73. The van der Waals surface area contributed by atoms with Crippen LogP contribution in [-0.2, 0) is 4.79 Å². The summed E-state index contributed by atoms with van der Waals surface area (Å²) in [6, 6.07) is 7.41. The van der Waals surface area contributed by atoms with Crippen molar-refractivity contribution in [3.8, 4) is 0 Å². The van der Waals surface area contributed by atoms with Crippen LogP contribution in [0.25, 0.3) is 0 Å². The van der Waals surface area contributed by atoms with E-state index in [9.17, 15) is 4.79 Å². The van der Waals surface area contributed by atoms with Crippen LogP contribution in [0, 0.1) is 5.92 Å². The van der Waals surface area contributed by atoms with Gasteiger partial charge in [0.1, 0.15) is 0 Å². The van der Waals surface area contributed by atoms with Gasteiger partial charge in [0.2, 0.25) is 5.91 Å². The number of nitrogens with one attached hydrogen (secondary N) is 3. The van der Waals surface area contributed by atoms with Crippen molar-refractivity contribution in [3.63, 3.8) is 0 Å². The topological polar surface area (TPSA) is 53.2 Å². The Morgan fingerprint density at radius 3 is 2.58 bits per heavy atom. The van der Waals surface area contributed by atoms with Gasteiger partial charge in [0.15, 0.2) is 5.11 Å². The molecule has 0 atom stereocenters. The number of anilines is 2. The van der Waals surface area contributed by atoms with Gasteiger partial charge in [0, 0.05) is 23.8 Å². The molecule has 0 spiro atoms. The number of benzene rings is 1. The first-order valence-corrected chi connectivity index (χ1v) is 6.50. The number of amides is 1. The van der Waals surface area contributed by atoms with E-state index in [1.165, 1.54) is 0 Å². The van der Waals surface area contributed by atoms with Crippen molar-refractivity contribution < 1.29 is 4.79 Å². The molecule has 102 valence electrons. The molecule has 0 heterocycles. The molecule has 3 N–H and O–H groups in total. The van der Waals surface area contributed by atoms with E-state index in [1.807, 2.05) is 38.1 Å². The average Bonchev–Trinajstić information content (AvgIpc) is 2.36. The molecule has 1 amide bonds. The first-order chi connectivity index (χ1) is 9.02. The lowest BCUT2D eigenvalue weighted by molar-refractivity contribution is -0.118. The summed E-state index contributed by atoms with van der Waals surface area (Å²) in [5.41, 5.74) is 1.57. The van der Waals surface area contributed by atoms with Gasteiger partial charge in [-0.05, 0) is 30.4 Å². The second kappa shape index (κ2) is 7.53. The van der Waals surface area contributed by atoms with Crippen molar-refractivity contribution in [2.24, 2.45) is 5.92 Å². The van der Waals surface area contributed by atoms with Crippen molar-refractivity contribution in [3.05, 3.63) is 36.9 Å². The summed E-state index contributed by atoms with van der Waals surface area (Å²) in [5.74, 6) is -0.0588. The minimum absolute atomic E-state index is 0.00971. The van der Waals surface area contributed by atoms with Crippen LogP contribution in [0.1, 0.15) is 13.8 Å². The third kappa shape index (κ3) is 5.52. The lowest BCUT2D eigenvalue weighted by atomic mass is 10.2. The normalized spacial score (nSPS) is 9.84. The summed E-state index contributed by atoms with van der Waals surface area (Å²) < 4.78 is 0. The summed E-state index contributed by atoms with van der Waals surface area (Å²) in [5, 5.41) is 9.38. The molecule has 0 fully saturated rings. The van der Waals surface area contributed by atoms with Crippen LogP contribution in [-0.4, -0.2) is 17.6 Å². The second-order valence-corrected chi connectivity index (χ2v) is 4.76. The zero-order valence-electron chi connectivity index (χ0n) is 11.2. The third-order valence-electron chi connectivity index (χ3n) is 2.32. The molecule has 1 aromatic rings.